The van der Waals surface area contributed by atoms with E-state index in [1.54, 1.807) is 18.7 Å². The molecule has 0 radical (unpaired) electrons. The lowest BCUT2D eigenvalue weighted by Crippen LogP contribution is -1.98. The average Bonchev–Trinajstić information content (AvgIpc) is 2.21. The van der Waals surface area contributed by atoms with Crippen molar-refractivity contribution in [2.45, 2.75) is 6.10 Å². The fraction of sp³-hybridized carbons (Fsp3) is 0.100. The molecule has 1 unspecified atom stereocenters. The quantitative estimate of drug-likeness (QED) is 0.626. The molecule has 1 aromatic rings. The predicted molar refractivity (Wildman–Crippen MR) is 46.3 cm³/mol. The normalized spacial score (nSPS) is 20.5. The van der Waals surface area contributed by atoms with Crippen molar-refractivity contribution in [3.63, 3.8) is 0 Å². The van der Waals surface area contributed by atoms with Gasteiger partial charge < -0.3 is 4.74 Å². The van der Waals surface area contributed by atoms with Crippen LogP contribution in [0.25, 0.3) is 0 Å². The Hall–Kier alpha value is -1.57. The van der Waals surface area contributed by atoms with Crippen LogP contribution in [0.1, 0.15) is 11.7 Å². The second-order valence-electron chi connectivity index (χ2n) is 2.55. The van der Waals surface area contributed by atoms with Gasteiger partial charge in [0.1, 0.15) is 6.10 Å². The highest BCUT2D eigenvalue weighted by molar-refractivity contribution is 5.21. The molecule has 0 saturated carbocycles. The van der Waals surface area contributed by atoms with Gasteiger partial charge in [-0.25, -0.2) is 0 Å². The van der Waals surface area contributed by atoms with Crippen molar-refractivity contribution in [2.24, 2.45) is 0 Å². The minimum absolute atomic E-state index is 0.0537. The van der Waals surface area contributed by atoms with Gasteiger partial charge in [-0.2, -0.15) is 0 Å². The van der Waals surface area contributed by atoms with Crippen molar-refractivity contribution < 1.29 is 4.74 Å². The monoisotopic (exact) mass is 159 g/mol. The van der Waals surface area contributed by atoms with Crippen LogP contribution in [-0.2, 0) is 4.74 Å². The highest BCUT2D eigenvalue weighted by atomic mass is 16.5. The first-order valence-electron chi connectivity index (χ1n) is 3.85. The standard InChI is InChI=1S/C10H9NO/c1-2-8-12-10(3-1)9-4-6-11-7-5-9/h1-8,10H. The van der Waals surface area contributed by atoms with E-state index in [2.05, 4.69) is 4.98 Å². The van der Waals surface area contributed by atoms with Gasteiger partial charge >= 0.3 is 0 Å². The van der Waals surface area contributed by atoms with Gasteiger partial charge in [0.15, 0.2) is 0 Å². The van der Waals surface area contributed by atoms with E-state index in [1.807, 2.05) is 30.4 Å². The van der Waals surface area contributed by atoms with Crippen LogP contribution in [0.2, 0.25) is 0 Å². The predicted octanol–water partition coefficient (Wildman–Crippen LogP) is 2.22. The molecule has 0 aromatic carbocycles. The zero-order valence-corrected chi connectivity index (χ0v) is 6.55. The SMILES string of the molecule is C1=COC(c2ccncc2)C=C1. The molecule has 2 heteroatoms. The van der Waals surface area contributed by atoms with E-state index in [1.165, 1.54) is 0 Å². The second-order valence-corrected chi connectivity index (χ2v) is 2.55. The molecule has 2 nitrogen and oxygen atoms in total. The molecule has 1 atom stereocenters. The number of hydrogen-bond donors (Lipinski definition) is 0. The summed E-state index contributed by atoms with van der Waals surface area (Å²) in [7, 11) is 0. The number of nitrogens with zero attached hydrogens (tertiary/aromatic N) is 1. The molecule has 2 rings (SSSR count). The highest BCUT2D eigenvalue weighted by Crippen LogP contribution is 2.20. The van der Waals surface area contributed by atoms with Crippen LogP contribution in [0.4, 0.5) is 0 Å². The lowest BCUT2D eigenvalue weighted by molar-refractivity contribution is 0.186. The van der Waals surface area contributed by atoms with Crippen molar-refractivity contribution >= 4 is 0 Å². The minimum atomic E-state index is 0.0537. The van der Waals surface area contributed by atoms with Gasteiger partial charge in [-0.1, -0.05) is 6.08 Å². The van der Waals surface area contributed by atoms with Crippen molar-refractivity contribution in [1.82, 2.24) is 4.98 Å². The molecular weight excluding hydrogens is 150 g/mol. The molecule has 0 amide bonds. The van der Waals surface area contributed by atoms with Crippen LogP contribution in [0.15, 0.2) is 49.0 Å². The molecule has 60 valence electrons. The first-order valence-corrected chi connectivity index (χ1v) is 3.85. The van der Waals surface area contributed by atoms with Gasteiger partial charge in [-0.15, -0.1) is 0 Å². The Kier molecular flexibility index (Phi) is 1.90. The van der Waals surface area contributed by atoms with Crippen molar-refractivity contribution in [3.05, 3.63) is 54.6 Å². The molecule has 1 aliphatic heterocycles. The molecule has 0 spiro atoms. The largest absolute Gasteiger partial charge is 0.489 e. The van der Waals surface area contributed by atoms with E-state index in [-0.39, 0.29) is 6.10 Å². The summed E-state index contributed by atoms with van der Waals surface area (Å²) in [6.07, 6.45) is 11.2. The Morgan fingerprint density at radius 3 is 2.67 bits per heavy atom. The van der Waals surface area contributed by atoms with Crippen LogP contribution < -0.4 is 0 Å². The number of rotatable bonds is 1. The molecule has 2 heterocycles. The van der Waals surface area contributed by atoms with Crippen molar-refractivity contribution in [2.75, 3.05) is 0 Å². The lowest BCUT2D eigenvalue weighted by atomic mass is 10.1. The Balaban J connectivity index is 2.21. The molecule has 0 saturated heterocycles. The van der Waals surface area contributed by atoms with E-state index in [9.17, 15) is 0 Å². The summed E-state index contributed by atoms with van der Waals surface area (Å²) < 4.78 is 5.37. The first kappa shape index (κ1) is 7.10. The van der Waals surface area contributed by atoms with Crippen LogP contribution in [0.5, 0.6) is 0 Å². The number of allylic oxidation sites excluding steroid dienone is 2. The highest BCUT2D eigenvalue weighted by Gasteiger charge is 2.07. The average molecular weight is 159 g/mol. The first-order chi connectivity index (χ1) is 5.97. The number of hydrogen-bond acceptors (Lipinski definition) is 2. The minimum Gasteiger partial charge on any atom is -0.489 e. The summed E-state index contributed by atoms with van der Waals surface area (Å²) in [4.78, 5) is 3.94. The van der Waals surface area contributed by atoms with Gasteiger partial charge in [-0.05, 0) is 29.8 Å². The van der Waals surface area contributed by atoms with Crippen LogP contribution in [0, 0.1) is 0 Å². The summed E-state index contributed by atoms with van der Waals surface area (Å²) in [6.45, 7) is 0. The number of aromatic nitrogens is 1. The van der Waals surface area contributed by atoms with Crippen LogP contribution in [-0.4, -0.2) is 4.98 Å². The van der Waals surface area contributed by atoms with Crippen LogP contribution in [0.3, 0.4) is 0 Å². The lowest BCUT2D eigenvalue weighted by Gasteiger charge is -2.14. The zero-order chi connectivity index (χ0) is 8.23. The third-order valence-electron chi connectivity index (χ3n) is 1.74. The Morgan fingerprint density at radius 1 is 1.17 bits per heavy atom. The zero-order valence-electron chi connectivity index (χ0n) is 6.55. The number of ether oxygens (including phenoxy) is 1. The molecule has 0 fully saturated rings. The van der Waals surface area contributed by atoms with E-state index < -0.39 is 0 Å². The maximum atomic E-state index is 5.37. The third kappa shape index (κ3) is 1.37. The number of pyridine rings is 1. The molecule has 1 aliphatic rings. The molecule has 0 aliphatic carbocycles. The fourth-order valence-corrected chi connectivity index (χ4v) is 1.13. The molecule has 0 N–H and O–H groups in total. The summed E-state index contributed by atoms with van der Waals surface area (Å²) in [5.41, 5.74) is 1.13. The summed E-state index contributed by atoms with van der Waals surface area (Å²) >= 11 is 0. The topological polar surface area (TPSA) is 22.1 Å². The molecular formula is C10H9NO. The maximum absolute atomic E-state index is 5.37. The van der Waals surface area contributed by atoms with E-state index in [0.29, 0.717) is 0 Å². The maximum Gasteiger partial charge on any atom is 0.141 e. The third-order valence-corrected chi connectivity index (χ3v) is 1.74. The molecule has 1 aromatic heterocycles. The smallest absolute Gasteiger partial charge is 0.141 e. The van der Waals surface area contributed by atoms with Crippen molar-refractivity contribution in [3.8, 4) is 0 Å². The van der Waals surface area contributed by atoms with E-state index in [0.717, 1.165) is 5.56 Å². The summed E-state index contributed by atoms with van der Waals surface area (Å²) in [5, 5.41) is 0. The molecule has 12 heavy (non-hydrogen) atoms. The van der Waals surface area contributed by atoms with E-state index >= 15 is 0 Å². The van der Waals surface area contributed by atoms with Gasteiger partial charge in [0.2, 0.25) is 0 Å². The van der Waals surface area contributed by atoms with Gasteiger partial charge in [0, 0.05) is 12.4 Å². The summed E-state index contributed by atoms with van der Waals surface area (Å²) in [6, 6.07) is 3.91. The van der Waals surface area contributed by atoms with Crippen molar-refractivity contribution in [1.29, 1.82) is 0 Å². The van der Waals surface area contributed by atoms with Gasteiger partial charge in [-0.3, -0.25) is 4.98 Å². The van der Waals surface area contributed by atoms with E-state index in [4.69, 9.17) is 4.74 Å². The second kappa shape index (κ2) is 3.22. The van der Waals surface area contributed by atoms with Gasteiger partial charge in [0.05, 0.1) is 6.26 Å². The summed E-state index contributed by atoms with van der Waals surface area (Å²) in [5.74, 6) is 0. The fourth-order valence-electron chi connectivity index (χ4n) is 1.13. The Labute approximate surface area is 71.2 Å². The Bertz CT molecular complexity index is 303. The molecule has 0 bridgehead atoms. The van der Waals surface area contributed by atoms with Crippen LogP contribution >= 0.6 is 0 Å². The van der Waals surface area contributed by atoms with Gasteiger partial charge in [0.25, 0.3) is 0 Å². The Morgan fingerprint density at radius 2 is 2.00 bits per heavy atom.